The number of rotatable bonds is 2. The highest BCUT2D eigenvalue weighted by Gasteiger charge is 2.39. The fourth-order valence-corrected chi connectivity index (χ4v) is 2.11. The summed E-state index contributed by atoms with van der Waals surface area (Å²) < 4.78 is 0. The Morgan fingerprint density at radius 2 is 1.60 bits per heavy atom. The lowest BCUT2D eigenvalue weighted by molar-refractivity contribution is 0.0288. The third-order valence-electron chi connectivity index (χ3n) is 2.82. The second-order valence-electron chi connectivity index (χ2n) is 3.26. The number of hydrogen-bond acceptors (Lipinski definition) is 1. The summed E-state index contributed by atoms with van der Waals surface area (Å²) in [5.41, 5.74) is 0. The summed E-state index contributed by atoms with van der Waals surface area (Å²) in [5, 5.41) is 0. The maximum absolute atomic E-state index is 5.81. The first-order chi connectivity index (χ1) is 4.72. The van der Waals surface area contributed by atoms with Crippen molar-refractivity contribution >= 4 is 7.98 Å². The zero-order valence-electron chi connectivity index (χ0n) is 7.17. The first-order valence-electron chi connectivity index (χ1n) is 4.25. The maximum Gasteiger partial charge on any atom is 0.183 e. The predicted molar refractivity (Wildman–Crippen MR) is 44.9 cm³/mol. The van der Waals surface area contributed by atoms with Crippen molar-refractivity contribution in [2.45, 2.75) is 45.7 Å². The van der Waals surface area contributed by atoms with Gasteiger partial charge >= 0.3 is 0 Å². The summed E-state index contributed by atoms with van der Waals surface area (Å²) in [6.07, 6.45) is 2.38. The van der Waals surface area contributed by atoms with Crippen LogP contribution in [-0.2, 0) is 0 Å². The first-order valence-corrected chi connectivity index (χ1v) is 4.25. The van der Waals surface area contributed by atoms with Crippen molar-refractivity contribution in [1.29, 1.82) is 0 Å². The van der Waals surface area contributed by atoms with Crippen LogP contribution >= 0.6 is 0 Å². The molecular weight excluding hydrogens is 121 g/mol. The van der Waals surface area contributed by atoms with Crippen LogP contribution in [0.25, 0.3) is 0 Å². The molecule has 0 N–H and O–H groups in total. The molecule has 0 aromatic carbocycles. The Balaban J connectivity index is 2.42. The summed E-state index contributed by atoms with van der Waals surface area (Å²) in [4.78, 5) is 2.02. The van der Waals surface area contributed by atoms with Gasteiger partial charge in [0.1, 0.15) is 0 Å². The SMILES string of the molecule is [B]N1C(CC)C(C)C1CC. The normalized spacial score (nSPS) is 41.3. The van der Waals surface area contributed by atoms with Crippen LogP contribution in [0.2, 0.25) is 0 Å². The maximum atomic E-state index is 5.81. The Morgan fingerprint density at radius 3 is 1.80 bits per heavy atom. The smallest absolute Gasteiger partial charge is 0.183 e. The van der Waals surface area contributed by atoms with E-state index in [1.807, 2.05) is 4.81 Å². The molecule has 2 heteroatoms. The highest BCUT2D eigenvalue weighted by Crippen LogP contribution is 2.33. The van der Waals surface area contributed by atoms with E-state index in [2.05, 4.69) is 20.8 Å². The zero-order chi connectivity index (χ0) is 7.72. The fourth-order valence-electron chi connectivity index (χ4n) is 2.11. The molecule has 1 rings (SSSR count). The Hall–Kier alpha value is 0.0249. The van der Waals surface area contributed by atoms with Gasteiger partial charge in [-0.15, -0.1) is 0 Å². The van der Waals surface area contributed by atoms with Crippen LogP contribution in [0.15, 0.2) is 0 Å². The van der Waals surface area contributed by atoms with Gasteiger partial charge in [0.05, 0.1) is 0 Å². The van der Waals surface area contributed by atoms with E-state index in [0.29, 0.717) is 12.1 Å². The minimum absolute atomic E-state index is 0.643. The minimum atomic E-state index is 0.643. The van der Waals surface area contributed by atoms with Crippen molar-refractivity contribution in [3.63, 3.8) is 0 Å². The van der Waals surface area contributed by atoms with Gasteiger partial charge in [-0.1, -0.05) is 20.8 Å². The molecule has 1 fully saturated rings. The van der Waals surface area contributed by atoms with Crippen LogP contribution in [0, 0.1) is 5.92 Å². The van der Waals surface area contributed by atoms with Gasteiger partial charge in [0.2, 0.25) is 0 Å². The predicted octanol–water partition coefficient (Wildman–Crippen LogP) is 1.58. The highest BCUT2D eigenvalue weighted by atomic mass is 15.2. The molecule has 1 heterocycles. The third kappa shape index (κ3) is 0.988. The molecule has 0 spiro atoms. The van der Waals surface area contributed by atoms with Gasteiger partial charge in [0.25, 0.3) is 0 Å². The summed E-state index contributed by atoms with van der Waals surface area (Å²) in [7, 11) is 5.81. The van der Waals surface area contributed by atoms with Crippen molar-refractivity contribution < 1.29 is 0 Å². The third-order valence-corrected chi connectivity index (χ3v) is 2.82. The lowest BCUT2D eigenvalue weighted by Gasteiger charge is -2.53. The van der Waals surface area contributed by atoms with Gasteiger partial charge in [-0.05, 0) is 18.8 Å². The van der Waals surface area contributed by atoms with Crippen LogP contribution in [0.1, 0.15) is 33.6 Å². The Bertz CT molecular complexity index is 93.8. The quantitative estimate of drug-likeness (QED) is 0.522. The molecule has 10 heavy (non-hydrogen) atoms. The summed E-state index contributed by atoms with van der Waals surface area (Å²) in [6.45, 7) is 6.70. The molecule has 0 aromatic heterocycles. The Labute approximate surface area is 65.2 Å². The molecule has 1 aliphatic heterocycles. The average Bonchev–Trinajstić information content (AvgIpc) is 1.90. The van der Waals surface area contributed by atoms with E-state index in [0.717, 1.165) is 5.92 Å². The van der Waals surface area contributed by atoms with Crippen molar-refractivity contribution in [2.75, 3.05) is 0 Å². The van der Waals surface area contributed by atoms with E-state index in [1.165, 1.54) is 12.8 Å². The zero-order valence-corrected chi connectivity index (χ0v) is 7.17. The molecule has 0 bridgehead atoms. The van der Waals surface area contributed by atoms with E-state index in [9.17, 15) is 0 Å². The largest absolute Gasteiger partial charge is 0.348 e. The van der Waals surface area contributed by atoms with Crippen LogP contribution in [0.4, 0.5) is 0 Å². The molecular formula is C8H16BN. The molecule has 2 unspecified atom stereocenters. The van der Waals surface area contributed by atoms with E-state index in [1.54, 1.807) is 0 Å². The lowest BCUT2D eigenvalue weighted by atomic mass is 9.75. The van der Waals surface area contributed by atoms with Gasteiger partial charge in [-0.25, -0.2) is 0 Å². The van der Waals surface area contributed by atoms with Gasteiger partial charge in [-0.2, -0.15) is 0 Å². The van der Waals surface area contributed by atoms with Crippen molar-refractivity contribution in [3.8, 4) is 0 Å². The van der Waals surface area contributed by atoms with Crippen LogP contribution in [-0.4, -0.2) is 24.9 Å². The van der Waals surface area contributed by atoms with Crippen LogP contribution in [0.3, 0.4) is 0 Å². The standard InChI is InChI=1S/C8H16BN/c1-4-7-6(3)8(5-2)10(7)9/h6-8H,4-5H2,1-3H3. The molecule has 2 atom stereocenters. The number of hydrogen-bond donors (Lipinski definition) is 0. The first kappa shape index (κ1) is 8.12. The van der Waals surface area contributed by atoms with E-state index < -0.39 is 0 Å². The van der Waals surface area contributed by atoms with E-state index in [-0.39, 0.29) is 0 Å². The van der Waals surface area contributed by atoms with Crippen molar-refractivity contribution in [3.05, 3.63) is 0 Å². The molecule has 56 valence electrons. The van der Waals surface area contributed by atoms with Gasteiger partial charge in [0, 0.05) is 12.1 Å². The molecule has 1 aliphatic rings. The Morgan fingerprint density at radius 1 is 1.20 bits per heavy atom. The molecule has 2 radical (unpaired) electrons. The van der Waals surface area contributed by atoms with Gasteiger partial charge in [-0.3, -0.25) is 0 Å². The fraction of sp³-hybridized carbons (Fsp3) is 1.00. The molecule has 1 saturated heterocycles. The van der Waals surface area contributed by atoms with Gasteiger partial charge < -0.3 is 4.81 Å². The van der Waals surface area contributed by atoms with E-state index >= 15 is 0 Å². The number of nitrogens with zero attached hydrogens (tertiary/aromatic N) is 1. The van der Waals surface area contributed by atoms with E-state index in [4.69, 9.17) is 7.98 Å². The minimum Gasteiger partial charge on any atom is -0.348 e. The lowest BCUT2D eigenvalue weighted by Crippen LogP contribution is -2.60. The Kier molecular flexibility index (Phi) is 2.40. The summed E-state index contributed by atoms with van der Waals surface area (Å²) in [6, 6.07) is 1.29. The van der Waals surface area contributed by atoms with Crippen LogP contribution < -0.4 is 0 Å². The molecule has 0 aromatic rings. The average molecular weight is 137 g/mol. The van der Waals surface area contributed by atoms with Crippen molar-refractivity contribution in [2.24, 2.45) is 5.92 Å². The monoisotopic (exact) mass is 137 g/mol. The molecule has 0 aliphatic carbocycles. The molecule has 0 amide bonds. The highest BCUT2D eigenvalue weighted by molar-refractivity contribution is 6.05. The van der Waals surface area contributed by atoms with Crippen LogP contribution in [0.5, 0.6) is 0 Å². The van der Waals surface area contributed by atoms with Gasteiger partial charge in [0.15, 0.2) is 7.98 Å². The molecule has 1 nitrogen and oxygen atoms in total. The second-order valence-corrected chi connectivity index (χ2v) is 3.26. The van der Waals surface area contributed by atoms with Crippen molar-refractivity contribution in [1.82, 2.24) is 4.81 Å². The summed E-state index contributed by atoms with van der Waals surface area (Å²) in [5.74, 6) is 0.806. The summed E-state index contributed by atoms with van der Waals surface area (Å²) >= 11 is 0. The topological polar surface area (TPSA) is 3.24 Å². The molecule has 0 saturated carbocycles. The second kappa shape index (κ2) is 2.95.